The predicted molar refractivity (Wildman–Crippen MR) is 219 cm³/mol. The minimum Gasteiger partial charge on any atom is -0.478 e. The van der Waals surface area contributed by atoms with Crippen LogP contribution in [0.3, 0.4) is 0 Å². The van der Waals surface area contributed by atoms with Crippen molar-refractivity contribution in [3.8, 4) is 0 Å². The highest BCUT2D eigenvalue weighted by Gasteiger charge is 2.40. The molecule has 0 saturated carbocycles. The molecule has 0 aromatic rings. The van der Waals surface area contributed by atoms with Gasteiger partial charge in [0.25, 0.3) is 0 Å². The van der Waals surface area contributed by atoms with Crippen LogP contribution in [0.1, 0.15) is 67.7 Å². The van der Waals surface area contributed by atoms with Gasteiger partial charge in [-0.2, -0.15) is 0 Å². The number of hydrogen-bond donors (Lipinski definition) is 2. The van der Waals surface area contributed by atoms with Crippen LogP contribution >= 0.6 is 0 Å². The zero-order valence-corrected chi connectivity index (χ0v) is 38.6. The maximum atomic E-state index is 11.3. The van der Waals surface area contributed by atoms with Crippen LogP contribution in [0.2, 0.25) is 18.1 Å². The number of carboxylic acid groups (broad SMARTS) is 1. The van der Waals surface area contributed by atoms with Crippen molar-refractivity contribution in [3.63, 3.8) is 0 Å². The number of esters is 2. The standard InChI is InChI=1S/C13H25NO6Si.C13H23NO5Si.C10H20O5Si/c1-4-18-21(19-5-2,20-6-3)11-7-10-14-12(15)8-9-13(16)17;1-4-16-20(17-5-2,18-6-3)11-7-10-14-12-8-9-13(15)19-12;1-9(2)10(11)15-7-6-8-16(12-3,13-4)14-5/h8-9H,4-7,10-11H2,1-3H3,(H,14,15)(H,16,17);8-9H,4-7,10-11H2,1-3H3;1,6-8H2,2-5H3/b9-8-;;. The highest BCUT2D eigenvalue weighted by molar-refractivity contribution is 6.61. The minimum atomic E-state index is -2.67. The van der Waals surface area contributed by atoms with Crippen molar-refractivity contribution >= 4 is 56.1 Å². The van der Waals surface area contributed by atoms with Gasteiger partial charge in [0.2, 0.25) is 11.8 Å². The molecule has 0 fully saturated rings. The molecule has 0 bridgehead atoms. The molecule has 1 aliphatic heterocycles. The Labute approximate surface area is 342 Å². The van der Waals surface area contributed by atoms with E-state index in [9.17, 15) is 19.2 Å². The fraction of sp³-hybridized carbons (Fsp3) is 0.694. The third-order valence-electron chi connectivity index (χ3n) is 7.14. The molecule has 57 heavy (non-hydrogen) atoms. The van der Waals surface area contributed by atoms with Crippen molar-refractivity contribution in [1.29, 1.82) is 0 Å². The van der Waals surface area contributed by atoms with E-state index in [2.05, 4.69) is 16.9 Å². The first-order valence-electron chi connectivity index (χ1n) is 19.1. The van der Waals surface area contributed by atoms with E-state index in [1.54, 1.807) is 34.3 Å². The van der Waals surface area contributed by atoms with E-state index in [4.69, 9.17) is 54.4 Å². The normalized spacial score (nSPS) is 13.4. The van der Waals surface area contributed by atoms with Gasteiger partial charge in [-0.05, 0) is 67.7 Å². The van der Waals surface area contributed by atoms with Gasteiger partial charge in [-0.25, -0.2) is 14.4 Å². The third-order valence-corrected chi connectivity index (χ3v) is 16.3. The molecule has 0 radical (unpaired) electrons. The average Bonchev–Trinajstić information content (AvgIpc) is 3.60. The Bertz CT molecular complexity index is 1210. The van der Waals surface area contributed by atoms with E-state index in [-0.39, 0.29) is 11.9 Å². The lowest BCUT2D eigenvalue weighted by molar-refractivity contribution is -0.139. The van der Waals surface area contributed by atoms with Gasteiger partial charge in [0.05, 0.1) is 6.61 Å². The molecule has 2 N–H and O–H groups in total. The van der Waals surface area contributed by atoms with E-state index in [1.807, 2.05) is 41.5 Å². The first-order valence-corrected chi connectivity index (χ1v) is 24.9. The summed E-state index contributed by atoms with van der Waals surface area (Å²) in [5, 5.41) is 11.0. The Morgan fingerprint density at radius 2 is 1.19 bits per heavy atom. The molecule has 0 atom stereocenters. The van der Waals surface area contributed by atoms with Crippen molar-refractivity contribution in [2.24, 2.45) is 4.99 Å². The quantitative estimate of drug-likeness (QED) is 0.0440. The molecule has 18 nitrogen and oxygen atoms in total. The van der Waals surface area contributed by atoms with Gasteiger partial charge in [0.15, 0.2) is 0 Å². The van der Waals surface area contributed by atoms with Crippen LogP contribution in [0.5, 0.6) is 0 Å². The molecule has 0 unspecified atom stereocenters. The largest absolute Gasteiger partial charge is 0.500 e. The summed E-state index contributed by atoms with van der Waals surface area (Å²) in [6, 6.07) is 1.92. The molecular weight excluding hydrogens is 801 g/mol. The zero-order valence-electron chi connectivity index (χ0n) is 35.6. The number of aliphatic carboxylic acids is 1. The number of carbonyl (C=O) groups excluding carboxylic acids is 3. The molecule has 1 heterocycles. The van der Waals surface area contributed by atoms with Crippen molar-refractivity contribution < 1.29 is 73.6 Å². The second-order valence-electron chi connectivity index (χ2n) is 11.4. The second-order valence-corrected chi connectivity index (χ2v) is 20.0. The summed E-state index contributed by atoms with van der Waals surface area (Å²) in [6.45, 7) is 21.1. The smallest absolute Gasteiger partial charge is 0.478 e. The van der Waals surface area contributed by atoms with Crippen LogP contribution in [0.15, 0.2) is 41.4 Å². The lowest BCUT2D eigenvalue weighted by Gasteiger charge is -2.28. The second kappa shape index (κ2) is 34.0. The maximum Gasteiger partial charge on any atom is 0.500 e. The van der Waals surface area contributed by atoms with Crippen LogP contribution < -0.4 is 5.32 Å². The number of amides is 1. The monoisotopic (exact) mass is 868 g/mol. The van der Waals surface area contributed by atoms with Crippen molar-refractivity contribution in [1.82, 2.24) is 5.32 Å². The molecule has 1 aliphatic rings. The van der Waals surface area contributed by atoms with Crippen LogP contribution in [0, 0.1) is 0 Å². The topological polar surface area (TPSA) is 214 Å². The number of carbonyl (C=O) groups is 4. The highest BCUT2D eigenvalue weighted by Crippen LogP contribution is 2.19. The van der Waals surface area contributed by atoms with Crippen LogP contribution in [0.4, 0.5) is 0 Å². The Morgan fingerprint density at radius 3 is 1.58 bits per heavy atom. The number of nitrogens with one attached hydrogen (secondary N) is 1. The molecule has 0 spiro atoms. The number of rotatable bonds is 30. The lowest BCUT2D eigenvalue weighted by atomic mass is 10.4. The summed E-state index contributed by atoms with van der Waals surface area (Å²) < 4.78 is 59.8. The molecule has 0 aromatic carbocycles. The number of aliphatic imine (C=N–C) groups is 1. The number of carboxylic acids is 1. The summed E-state index contributed by atoms with van der Waals surface area (Å²) in [4.78, 5) is 47.7. The number of ether oxygens (including phenoxy) is 2. The molecular formula is C36H68N2O16Si3. The Morgan fingerprint density at radius 1 is 0.737 bits per heavy atom. The minimum absolute atomic E-state index is 0.316. The molecule has 21 heteroatoms. The summed E-state index contributed by atoms with van der Waals surface area (Å²) in [7, 11) is -3.11. The average molecular weight is 869 g/mol. The summed E-state index contributed by atoms with van der Waals surface area (Å²) in [6.07, 6.45) is 6.76. The van der Waals surface area contributed by atoms with Gasteiger partial charge in [-0.1, -0.05) is 6.58 Å². The molecule has 0 aliphatic carbocycles. The van der Waals surface area contributed by atoms with Gasteiger partial charge in [0, 0.05) is 122 Å². The molecule has 0 aromatic heterocycles. The molecule has 1 amide bonds. The molecule has 0 saturated heterocycles. The van der Waals surface area contributed by atoms with E-state index < -0.39 is 38.3 Å². The Hall–Kier alpha value is -2.94. The van der Waals surface area contributed by atoms with Crippen molar-refractivity contribution in [2.45, 2.75) is 85.9 Å². The highest BCUT2D eigenvalue weighted by atomic mass is 28.4. The van der Waals surface area contributed by atoms with E-state index in [0.29, 0.717) is 102 Å². The summed E-state index contributed by atoms with van der Waals surface area (Å²) in [5.41, 5.74) is 0.397. The SMILES string of the molecule is C=C(C)C(=O)OCCC[Si](OC)(OC)OC.CCO[Si](CCCN=C1C=CC(=O)O1)(OCC)OCC.CCO[Si](CCCNC(=O)/C=C\C(=O)O)(OCC)OCC. The van der Waals surface area contributed by atoms with Crippen molar-refractivity contribution in [2.75, 3.05) is 80.7 Å². The number of nitrogens with zero attached hydrogens (tertiary/aromatic N) is 1. The maximum absolute atomic E-state index is 11.3. The molecule has 330 valence electrons. The molecule has 1 rings (SSSR count). The van der Waals surface area contributed by atoms with Crippen LogP contribution in [-0.4, -0.2) is 142 Å². The van der Waals surface area contributed by atoms with Gasteiger partial charge >= 0.3 is 44.3 Å². The first-order chi connectivity index (χ1) is 27.2. The number of hydrogen-bond acceptors (Lipinski definition) is 16. The van der Waals surface area contributed by atoms with Gasteiger partial charge in [-0.3, -0.25) is 9.79 Å². The fourth-order valence-corrected chi connectivity index (χ4v) is 11.6. The Kier molecular flexibility index (Phi) is 33.5. The fourth-order valence-electron chi connectivity index (χ4n) is 4.74. The van der Waals surface area contributed by atoms with Crippen LogP contribution in [-0.2, 0) is 68.5 Å². The zero-order chi connectivity index (χ0) is 43.6. The van der Waals surface area contributed by atoms with Gasteiger partial charge in [0.1, 0.15) is 0 Å². The van der Waals surface area contributed by atoms with E-state index >= 15 is 0 Å². The predicted octanol–water partition coefficient (Wildman–Crippen LogP) is 4.49. The summed E-state index contributed by atoms with van der Waals surface area (Å²) in [5.74, 6) is -1.97. The lowest BCUT2D eigenvalue weighted by Crippen LogP contribution is -2.46. The van der Waals surface area contributed by atoms with Crippen molar-refractivity contribution in [3.05, 3.63) is 36.5 Å². The van der Waals surface area contributed by atoms with Gasteiger partial charge < -0.3 is 59.7 Å². The van der Waals surface area contributed by atoms with E-state index in [1.165, 1.54) is 6.08 Å². The first kappa shape index (κ1) is 56.2. The Balaban J connectivity index is 0. The van der Waals surface area contributed by atoms with Crippen LogP contribution in [0.25, 0.3) is 0 Å². The van der Waals surface area contributed by atoms with E-state index in [0.717, 1.165) is 18.6 Å². The summed E-state index contributed by atoms with van der Waals surface area (Å²) >= 11 is 0. The third kappa shape index (κ3) is 26.6. The van der Waals surface area contributed by atoms with Gasteiger partial charge in [-0.15, -0.1) is 0 Å². The number of cyclic esters (lactones) is 1.